The molecule has 1 nitrogen and oxygen atoms in total. The minimum atomic E-state index is 0.481. The Morgan fingerprint density at radius 1 is 0.905 bits per heavy atom. The molecular weight excluding hydrogens is 254 g/mol. The number of benzene rings is 2. The second kappa shape index (κ2) is 6.91. The number of nitrogens with zero attached hydrogens (tertiary/aromatic N) is 1. The van der Waals surface area contributed by atoms with Crippen LogP contribution in [0.2, 0.25) is 0 Å². The number of rotatable bonds is 5. The molecule has 0 bridgehead atoms. The summed E-state index contributed by atoms with van der Waals surface area (Å²) in [6, 6.07) is 23.0. The fourth-order valence-electron chi connectivity index (χ4n) is 3.54. The van der Waals surface area contributed by atoms with E-state index < -0.39 is 0 Å². The van der Waals surface area contributed by atoms with Gasteiger partial charge in [0.1, 0.15) is 0 Å². The van der Waals surface area contributed by atoms with Crippen LogP contribution in [-0.2, 0) is 6.54 Å². The Hall–Kier alpha value is -1.60. The van der Waals surface area contributed by atoms with E-state index in [-0.39, 0.29) is 0 Å². The van der Waals surface area contributed by atoms with Gasteiger partial charge in [-0.3, -0.25) is 4.90 Å². The van der Waals surface area contributed by atoms with E-state index in [0.717, 1.165) is 12.6 Å². The molecule has 0 N–H and O–H groups in total. The van der Waals surface area contributed by atoms with Crippen molar-refractivity contribution < 1.29 is 0 Å². The Morgan fingerprint density at radius 2 is 1.48 bits per heavy atom. The Bertz CT molecular complexity index is 528. The lowest BCUT2D eigenvalue weighted by Gasteiger charge is -2.35. The van der Waals surface area contributed by atoms with Gasteiger partial charge in [-0.2, -0.15) is 0 Å². The molecular formula is C20H25N. The van der Waals surface area contributed by atoms with Gasteiger partial charge in [0.2, 0.25) is 0 Å². The molecule has 0 heterocycles. The Labute approximate surface area is 128 Å². The first-order valence-electron chi connectivity index (χ1n) is 8.19. The lowest BCUT2D eigenvalue weighted by atomic mass is 10.0. The maximum atomic E-state index is 2.71. The van der Waals surface area contributed by atoms with Crippen LogP contribution >= 0.6 is 0 Å². The highest BCUT2D eigenvalue weighted by Gasteiger charge is 2.27. The highest BCUT2D eigenvalue weighted by Crippen LogP contribution is 2.32. The van der Waals surface area contributed by atoms with Crippen LogP contribution in [0.3, 0.4) is 0 Å². The fraction of sp³-hybridized carbons (Fsp3) is 0.400. The molecule has 1 heteroatoms. The van der Waals surface area contributed by atoms with Gasteiger partial charge < -0.3 is 0 Å². The molecule has 1 fully saturated rings. The lowest BCUT2D eigenvalue weighted by molar-refractivity contribution is 0.136. The lowest BCUT2D eigenvalue weighted by Crippen LogP contribution is -2.35. The zero-order valence-electron chi connectivity index (χ0n) is 12.9. The summed E-state index contributed by atoms with van der Waals surface area (Å²) in [5.41, 5.74) is 2.85. The summed E-state index contributed by atoms with van der Waals surface area (Å²) >= 11 is 0. The molecule has 0 spiro atoms. The third-order valence-corrected chi connectivity index (χ3v) is 4.78. The van der Waals surface area contributed by atoms with Crippen LogP contribution in [0.5, 0.6) is 0 Å². The monoisotopic (exact) mass is 279 g/mol. The fourth-order valence-corrected chi connectivity index (χ4v) is 3.54. The van der Waals surface area contributed by atoms with E-state index in [2.05, 4.69) is 72.5 Å². The van der Waals surface area contributed by atoms with Crippen molar-refractivity contribution in [1.82, 2.24) is 4.90 Å². The average molecular weight is 279 g/mol. The van der Waals surface area contributed by atoms with Crippen molar-refractivity contribution in [2.24, 2.45) is 0 Å². The van der Waals surface area contributed by atoms with Crippen molar-refractivity contribution in [1.29, 1.82) is 0 Å². The second-order valence-electron chi connectivity index (χ2n) is 6.18. The van der Waals surface area contributed by atoms with Gasteiger partial charge in [-0.05, 0) is 30.9 Å². The third kappa shape index (κ3) is 3.54. The van der Waals surface area contributed by atoms with Crippen LogP contribution in [0.4, 0.5) is 0 Å². The average Bonchev–Trinajstić information content (AvgIpc) is 3.08. The number of hydrogen-bond acceptors (Lipinski definition) is 1. The van der Waals surface area contributed by atoms with Gasteiger partial charge in [0, 0.05) is 18.6 Å². The molecule has 0 amide bonds. The first kappa shape index (κ1) is 14.3. The Kier molecular flexibility index (Phi) is 4.72. The second-order valence-corrected chi connectivity index (χ2v) is 6.18. The van der Waals surface area contributed by atoms with Gasteiger partial charge in [-0.25, -0.2) is 0 Å². The van der Waals surface area contributed by atoms with Crippen molar-refractivity contribution in [2.45, 2.75) is 51.2 Å². The highest BCUT2D eigenvalue weighted by molar-refractivity contribution is 5.20. The van der Waals surface area contributed by atoms with E-state index in [1.807, 2.05) is 0 Å². The van der Waals surface area contributed by atoms with Gasteiger partial charge in [0.15, 0.2) is 0 Å². The molecule has 0 unspecified atom stereocenters. The van der Waals surface area contributed by atoms with E-state index in [4.69, 9.17) is 0 Å². The SMILES string of the molecule is C[C@H](c1ccccc1)N(Cc1ccccc1)C1CCCC1. The van der Waals surface area contributed by atoms with Gasteiger partial charge in [0.05, 0.1) is 0 Å². The van der Waals surface area contributed by atoms with E-state index in [9.17, 15) is 0 Å². The smallest absolute Gasteiger partial charge is 0.0326 e. The Morgan fingerprint density at radius 3 is 2.10 bits per heavy atom. The first-order chi connectivity index (χ1) is 10.3. The van der Waals surface area contributed by atoms with Crippen LogP contribution < -0.4 is 0 Å². The molecule has 0 aliphatic heterocycles. The summed E-state index contributed by atoms with van der Waals surface area (Å²) in [5.74, 6) is 0. The molecule has 2 aromatic rings. The van der Waals surface area contributed by atoms with Gasteiger partial charge in [-0.1, -0.05) is 73.5 Å². The summed E-state index contributed by atoms with van der Waals surface area (Å²) in [6.07, 6.45) is 5.48. The molecule has 1 aliphatic rings. The maximum absolute atomic E-state index is 2.71. The van der Waals surface area contributed by atoms with Gasteiger partial charge in [0.25, 0.3) is 0 Å². The zero-order chi connectivity index (χ0) is 14.5. The van der Waals surface area contributed by atoms with Crippen molar-refractivity contribution in [3.05, 3.63) is 71.8 Å². The van der Waals surface area contributed by atoms with Crippen LogP contribution in [-0.4, -0.2) is 10.9 Å². The third-order valence-electron chi connectivity index (χ3n) is 4.78. The number of hydrogen-bond donors (Lipinski definition) is 0. The predicted molar refractivity (Wildman–Crippen MR) is 89.1 cm³/mol. The molecule has 1 aliphatic carbocycles. The van der Waals surface area contributed by atoms with Crippen LogP contribution in [0.15, 0.2) is 60.7 Å². The van der Waals surface area contributed by atoms with Crippen molar-refractivity contribution in [2.75, 3.05) is 0 Å². The van der Waals surface area contributed by atoms with E-state index in [1.165, 1.54) is 36.8 Å². The zero-order valence-corrected chi connectivity index (χ0v) is 12.9. The first-order valence-corrected chi connectivity index (χ1v) is 8.19. The Balaban J connectivity index is 1.82. The minimum absolute atomic E-state index is 0.481. The molecule has 3 rings (SSSR count). The molecule has 0 aromatic heterocycles. The minimum Gasteiger partial charge on any atom is -0.289 e. The maximum Gasteiger partial charge on any atom is 0.0326 e. The molecule has 110 valence electrons. The summed E-state index contributed by atoms with van der Waals surface area (Å²) < 4.78 is 0. The van der Waals surface area contributed by atoms with Gasteiger partial charge >= 0.3 is 0 Å². The van der Waals surface area contributed by atoms with E-state index in [0.29, 0.717) is 6.04 Å². The summed E-state index contributed by atoms with van der Waals surface area (Å²) in [4.78, 5) is 2.71. The molecule has 0 saturated heterocycles. The topological polar surface area (TPSA) is 3.24 Å². The standard InChI is InChI=1S/C20H25N/c1-17(19-12-6-3-7-13-19)21(20-14-8-9-15-20)16-18-10-4-2-5-11-18/h2-7,10-13,17,20H,8-9,14-16H2,1H3/t17-/m1/s1. The van der Waals surface area contributed by atoms with Crippen molar-refractivity contribution >= 4 is 0 Å². The predicted octanol–water partition coefficient (Wildman–Crippen LogP) is 5.19. The van der Waals surface area contributed by atoms with Crippen LogP contribution in [0.25, 0.3) is 0 Å². The summed E-state index contributed by atoms with van der Waals surface area (Å²) in [5, 5.41) is 0. The van der Waals surface area contributed by atoms with Crippen molar-refractivity contribution in [3.63, 3.8) is 0 Å². The largest absolute Gasteiger partial charge is 0.289 e. The molecule has 2 aromatic carbocycles. The molecule has 21 heavy (non-hydrogen) atoms. The summed E-state index contributed by atoms with van der Waals surface area (Å²) in [7, 11) is 0. The molecule has 1 atom stereocenters. The molecule has 0 radical (unpaired) electrons. The van der Waals surface area contributed by atoms with E-state index >= 15 is 0 Å². The molecule has 1 saturated carbocycles. The summed E-state index contributed by atoms with van der Waals surface area (Å²) in [6.45, 7) is 3.41. The van der Waals surface area contributed by atoms with Gasteiger partial charge in [-0.15, -0.1) is 0 Å². The van der Waals surface area contributed by atoms with Crippen LogP contribution in [0, 0.1) is 0 Å². The van der Waals surface area contributed by atoms with Crippen molar-refractivity contribution in [3.8, 4) is 0 Å². The van der Waals surface area contributed by atoms with E-state index in [1.54, 1.807) is 0 Å². The quantitative estimate of drug-likeness (QED) is 0.727. The van der Waals surface area contributed by atoms with Crippen LogP contribution in [0.1, 0.15) is 49.8 Å². The normalized spacial score (nSPS) is 17.2. The highest BCUT2D eigenvalue weighted by atomic mass is 15.2.